The average molecular weight is 508 g/mol. The normalized spacial score (nSPS) is 19.2. The van der Waals surface area contributed by atoms with Gasteiger partial charge in [-0.3, -0.25) is 10.1 Å². The Morgan fingerprint density at radius 1 is 1.22 bits per heavy atom. The number of rotatable bonds is 8. The van der Waals surface area contributed by atoms with Crippen molar-refractivity contribution in [2.24, 2.45) is 5.41 Å². The predicted molar refractivity (Wildman–Crippen MR) is 135 cm³/mol. The second kappa shape index (κ2) is 10.2. The van der Waals surface area contributed by atoms with Gasteiger partial charge in [0.25, 0.3) is 0 Å². The Hall–Kier alpha value is -3.95. The van der Waals surface area contributed by atoms with E-state index in [1.165, 1.54) is 10.9 Å². The van der Waals surface area contributed by atoms with E-state index in [9.17, 15) is 19.1 Å². The molecule has 5 rings (SSSR count). The Morgan fingerprint density at radius 2 is 2.00 bits per heavy atom. The van der Waals surface area contributed by atoms with E-state index in [1.807, 2.05) is 36.4 Å². The van der Waals surface area contributed by atoms with Crippen LogP contribution < -0.4 is 10.2 Å². The molecule has 3 aromatic rings. The number of hydrogen-bond donors (Lipinski definition) is 2. The minimum absolute atomic E-state index is 0.151. The smallest absolute Gasteiger partial charge is 0.413 e. The second-order valence-corrected chi connectivity index (χ2v) is 9.87. The number of carboxylic acid groups (broad SMARTS) is 1. The van der Waals surface area contributed by atoms with Gasteiger partial charge in [0.15, 0.2) is 11.6 Å². The number of carboxylic acids is 1. The summed E-state index contributed by atoms with van der Waals surface area (Å²) in [7, 11) is 0. The van der Waals surface area contributed by atoms with E-state index in [2.05, 4.69) is 20.3 Å². The number of benzene rings is 1. The van der Waals surface area contributed by atoms with Gasteiger partial charge in [-0.25, -0.2) is 18.9 Å². The Labute approximate surface area is 214 Å². The number of anilines is 2. The SMILES string of the molecule is CC(OC(=O)Nc1nn(-c2ccc(N3CCCCC3C3(CC(=O)O)CC3)nc2)cc1F)c1ccccc1. The fourth-order valence-electron chi connectivity index (χ4n) is 5.26. The van der Waals surface area contributed by atoms with Gasteiger partial charge in [0.1, 0.15) is 11.9 Å². The lowest BCUT2D eigenvalue weighted by Crippen LogP contribution is -2.46. The number of halogens is 1. The molecule has 2 N–H and O–H groups in total. The maximum Gasteiger partial charge on any atom is 0.413 e. The summed E-state index contributed by atoms with van der Waals surface area (Å²) in [6, 6.07) is 13.0. The third kappa shape index (κ3) is 5.42. The van der Waals surface area contributed by atoms with Crippen molar-refractivity contribution in [3.8, 4) is 5.69 Å². The molecule has 10 heteroatoms. The number of amides is 1. The number of hydrogen-bond acceptors (Lipinski definition) is 6. The van der Waals surface area contributed by atoms with Gasteiger partial charge in [0.2, 0.25) is 0 Å². The predicted octanol–water partition coefficient (Wildman–Crippen LogP) is 5.33. The summed E-state index contributed by atoms with van der Waals surface area (Å²) in [5.41, 5.74) is 1.17. The summed E-state index contributed by atoms with van der Waals surface area (Å²) in [6.45, 7) is 2.56. The molecule has 2 aromatic heterocycles. The molecule has 9 nitrogen and oxygen atoms in total. The van der Waals surface area contributed by atoms with E-state index in [0.29, 0.717) is 5.69 Å². The summed E-state index contributed by atoms with van der Waals surface area (Å²) < 4.78 is 21.2. The first kappa shape index (κ1) is 24.7. The Balaban J connectivity index is 1.26. The van der Waals surface area contributed by atoms with Gasteiger partial charge in [-0.2, -0.15) is 0 Å². The van der Waals surface area contributed by atoms with Crippen molar-refractivity contribution < 1.29 is 23.8 Å². The molecule has 2 aliphatic rings. The Morgan fingerprint density at radius 3 is 2.68 bits per heavy atom. The Bertz CT molecular complexity index is 1260. The van der Waals surface area contributed by atoms with Crippen molar-refractivity contribution in [2.75, 3.05) is 16.8 Å². The van der Waals surface area contributed by atoms with Crippen molar-refractivity contribution in [1.82, 2.24) is 14.8 Å². The average Bonchev–Trinajstić information content (AvgIpc) is 3.58. The number of aliphatic carboxylic acids is 1. The van der Waals surface area contributed by atoms with Gasteiger partial charge in [0.05, 0.1) is 24.5 Å². The molecule has 3 heterocycles. The molecule has 1 aliphatic carbocycles. The zero-order valence-electron chi connectivity index (χ0n) is 20.6. The molecule has 1 saturated heterocycles. The number of pyridine rings is 1. The highest BCUT2D eigenvalue weighted by Gasteiger charge is 2.53. The quantitative estimate of drug-likeness (QED) is 0.424. The number of nitrogens with zero attached hydrogens (tertiary/aromatic N) is 4. The van der Waals surface area contributed by atoms with Crippen LogP contribution >= 0.6 is 0 Å². The summed E-state index contributed by atoms with van der Waals surface area (Å²) in [5, 5.41) is 15.9. The number of carbonyl (C=O) groups is 2. The van der Waals surface area contributed by atoms with Gasteiger partial charge in [-0.05, 0) is 56.7 Å². The highest BCUT2D eigenvalue weighted by Crippen LogP contribution is 2.55. The molecule has 0 radical (unpaired) electrons. The largest absolute Gasteiger partial charge is 0.481 e. The van der Waals surface area contributed by atoms with Gasteiger partial charge in [-0.15, -0.1) is 5.10 Å². The van der Waals surface area contributed by atoms with Crippen LogP contribution in [0.25, 0.3) is 5.69 Å². The minimum atomic E-state index is -0.805. The van der Waals surface area contributed by atoms with Gasteiger partial charge < -0.3 is 14.7 Å². The van der Waals surface area contributed by atoms with E-state index >= 15 is 0 Å². The van der Waals surface area contributed by atoms with E-state index in [4.69, 9.17) is 4.74 Å². The lowest BCUT2D eigenvalue weighted by Gasteiger charge is -2.41. The second-order valence-electron chi connectivity index (χ2n) is 9.87. The minimum Gasteiger partial charge on any atom is -0.481 e. The third-order valence-corrected chi connectivity index (χ3v) is 7.34. The van der Waals surface area contributed by atoms with Crippen molar-refractivity contribution in [3.63, 3.8) is 0 Å². The highest BCUT2D eigenvalue weighted by atomic mass is 19.1. The number of ether oxygens (including phenoxy) is 1. The number of aromatic nitrogens is 3. The molecule has 1 saturated carbocycles. The zero-order valence-corrected chi connectivity index (χ0v) is 20.6. The van der Waals surface area contributed by atoms with Crippen LogP contribution in [0.2, 0.25) is 0 Å². The van der Waals surface area contributed by atoms with Crippen LogP contribution in [0, 0.1) is 11.2 Å². The third-order valence-electron chi connectivity index (χ3n) is 7.34. The first-order valence-electron chi connectivity index (χ1n) is 12.6. The van der Waals surface area contributed by atoms with Gasteiger partial charge in [0, 0.05) is 18.0 Å². The van der Waals surface area contributed by atoms with E-state index < -0.39 is 24.0 Å². The van der Waals surface area contributed by atoms with Crippen molar-refractivity contribution in [1.29, 1.82) is 0 Å². The monoisotopic (exact) mass is 507 g/mol. The number of piperidine rings is 1. The fraction of sp³-hybridized carbons (Fsp3) is 0.407. The molecule has 1 aromatic carbocycles. The first-order chi connectivity index (χ1) is 17.8. The molecular formula is C27H30FN5O4. The molecule has 0 spiro atoms. The fourth-order valence-corrected chi connectivity index (χ4v) is 5.26. The lowest BCUT2D eigenvalue weighted by atomic mass is 9.85. The van der Waals surface area contributed by atoms with Crippen LogP contribution in [0.15, 0.2) is 54.9 Å². The van der Waals surface area contributed by atoms with Crippen molar-refractivity contribution >= 4 is 23.7 Å². The van der Waals surface area contributed by atoms with E-state index in [1.54, 1.807) is 19.2 Å². The molecule has 37 heavy (non-hydrogen) atoms. The van der Waals surface area contributed by atoms with Crippen molar-refractivity contribution in [2.45, 2.75) is 57.6 Å². The zero-order chi connectivity index (χ0) is 26.0. The number of nitrogens with one attached hydrogen (secondary N) is 1. The number of carbonyl (C=O) groups excluding carboxylic acids is 1. The van der Waals surface area contributed by atoms with Crippen LogP contribution in [0.1, 0.15) is 57.1 Å². The maximum atomic E-state index is 14.5. The topological polar surface area (TPSA) is 110 Å². The molecule has 194 valence electrons. The van der Waals surface area contributed by atoms with Crippen LogP contribution in [0.3, 0.4) is 0 Å². The van der Waals surface area contributed by atoms with Crippen LogP contribution in [-0.2, 0) is 9.53 Å². The first-order valence-corrected chi connectivity index (χ1v) is 12.6. The maximum absolute atomic E-state index is 14.5. The summed E-state index contributed by atoms with van der Waals surface area (Å²) >= 11 is 0. The van der Waals surface area contributed by atoms with Crippen LogP contribution in [0.4, 0.5) is 20.8 Å². The Kier molecular flexibility index (Phi) is 6.82. The summed E-state index contributed by atoms with van der Waals surface area (Å²) in [5.74, 6) is -0.923. The molecule has 1 amide bonds. The van der Waals surface area contributed by atoms with Gasteiger partial charge >= 0.3 is 12.1 Å². The summed E-state index contributed by atoms with van der Waals surface area (Å²) in [6.07, 6.45) is 6.55. The molecule has 1 aliphatic heterocycles. The molecule has 2 atom stereocenters. The summed E-state index contributed by atoms with van der Waals surface area (Å²) in [4.78, 5) is 30.6. The standard InChI is InChI=1S/C27H30FN5O4/c1-18(19-7-3-2-4-8-19)37-26(36)30-25-21(28)17-33(31-25)20-10-11-23(29-16-20)32-14-6-5-9-22(32)27(12-13-27)15-24(34)35/h2-4,7-8,10-11,16-18,22H,5-6,9,12-15H2,1H3,(H,34,35)(H,30,31,36). The van der Waals surface area contributed by atoms with E-state index in [0.717, 1.165) is 50.0 Å². The van der Waals surface area contributed by atoms with Crippen molar-refractivity contribution in [3.05, 3.63) is 66.2 Å². The molecular weight excluding hydrogens is 477 g/mol. The molecule has 2 fully saturated rings. The molecule has 0 bridgehead atoms. The van der Waals surface area contributed by atoms with Crippen LogP contribution in [0.5, 0.6) is 0 Å². The lowest BCUT2D eigenvalue weighted by molar-refractivity contribution is -0.138. The van der Waals surface area contributed by atoms with E-state index in [-0.39, 0.29) is 23.7 Å². The van der Waals surface area contributed by atoms with Crippen LogP contribution in [-0.4, -0.2) is 44.5 Å². The molecule has 2 unspecified atom stereocenters. The highest BCUT2D eigenvalue weighted by molar-refractivity contribution is 5.83. The van der Waals surface area contributed by atoms with Gasteiger partial charge in [-0.1, -0.05) is 30.3 Å².